The van der Waals surface area contributed by atoms with Gasteiger partial charge in [0.25, 0.3) is 0 Å². The van der Waals surface area contributed by atoms with Crippen LogP contribution in [0.25, 0.3) is 6.08 Å². The molecule has 0 saturated heterocycles. The number of nitrogens with one attached hydrogen (secondary N) is 3. The predicted octanol–water partition coefficient (Wildman–Crippen LogP) is 4.75. The molecule has 12 nitrogen and oxygen atoms in total. The van der Waals surface area contributed by atoms with Crippen molar-refractivity contribution in [3.8, 4) is 36.3 Å². The minimum atomic E-state index is -4.72. The minimum absolute atomic E-state index is 0.0711. The monoisotopic (exact) mass is 776 g/mol. The molecule has 1 amide bonds. The maximum Gasteiger partial charge on any atom is 0.433 e. The summed E-state index contributed by atoms with van der Waals surface area (Å²) in [7, 11) is -7.35. The second-order valence-electron chi connectivity index (χ2n) is 10.7. The van der Waals surface area contributed by atoms with Crippen LogP contribution in [-0.2, 0) is 44.1 Å². The Morgan fingerprint density at radius 1 is 0.925 bits per heavy atom. The van der Waals surface area contributed by atoms with E-state index in [4.69, 9.17) is 23.3 Å². The Morgan fingerprint density at radius 3 is 1.98 bits per heavy atom. The molecule has 278 valence electrons. The lowest BCUT2D eigenvalue weighted by Gasteiger charge is -2.12. The average molecular weight is 777 g/mol. The normalized spacial score (nSPS) is 11.4. The zero-order chi connectivity index (χ0) is 39.6. The van der Waals surface area contributed by atoms with E-state index in [2.05, 4.69) is 27.1 Å². The maximum absolute atomic E-state index is 14.4. The fourth-order valence-corrected chi connectivity index (χ4v) is 5.26. The number of alkyl halides is 3. The number of halogens is 5. The Morgan fingerprint density at radius 2 is 1.49 bits per heavy atom. The van der Waals surface area contributed by atoms with Crippen molar-refractivity contribution in [3.05, 3.63) is 112 Å². The topological polar surface area (TPSA) is 182 Å². The lowest BCUT2D eigenvalue weighted by molar-refractivity contribution is -0.141. The van der Waals surface area contributed by atoms with Gasteiger partial charge in [0.2, 0.25) is 31.8 Å². The van der Waals surface area contributed by atoms with Crippen LogP contribution in [0.2, 0.25) is 0 Å². The van der Waals surface area contributed by atoms with E-state index < -0.39 is 61.0 Å². The molecule has 5 N–H and O–H groups in total. The molecule has 4 rings (SSSR count). The summed E-state index contributed by atoms with van der Waals surface area (Å²) in [5.74, 6) is 1.77. The SMILES string of the molecule is C#Cc1cc(CN)cc(F)c1NS(C)(=O)=O.C#Cc1cc(CNC(=O)C=Cc2ccc(C(F)(F)F)nc2Oc2cccnc2)cc(F)c1NS(C)(=O)=O. The second-order valence-corrected chi connectivity index (χ2v) is 14.2. The van der Waals surface area contributed by atoms with E-state index in [1.807, 2.05) is 9.44 Å². The molecular formula is C34H29F5N6O6S2. The van der Waals surface area contributed by atoms with Gasteiger partial charge in [-0.2, -0.15) is 13.2 Å². The highest BCUT2D eigenvalue weighted by Gasteiger charge is 2.33. The first-order chi connectivity index (χ1) is 24.7. The molecule has 0 unspecified atom stereocenters. The van der Waals surface area contributed by atoms with Gasteiger partial charge in [0.05, 0.1) is 41.2 Å². The molecule has 0 aliphatic rings. The molecule has 2 aromatic heterocycles. The van der Waals surface area contributed by atoms with E-state index in [9.17, 15) is 43.6 Å². The van der Waals surface area contributed by atoms with E-state index in [1.165, 1.54) is 42.7 Å². The third-order valence-electron chi connectivity index (χ3n) is 6.33. The van der Waals surface area contributed by atoms with Gasteiger partial charge in [0.1, 0.15) is 23.1 Å². The molecular weight excluding hydrogens is 748 g/mol. The molecule has 19 heteroatoms. The van der Waals surface area contributed by atoms with Crippen LogP contribution >= 0.6 is 0 Å². The number of nitrogens with two attached hydrogens (primary N) is 1. The van der Waals surface area contributed by atoms with Crippen molar-refractivity contribution >= 4 is 43.4 Å². The number of nitrogens with zero attached hydrogens (tertiary/aromatic N) is 2. The predicted molar refractivity (Wildman–Crippen MR) is 188 cm³/mol. The molecule has 0 saturated carbocycles. The Kier molecular flexibility index (Phi) is 13.6. The average Bonchev–Trinajstić information content (AvgIpc) is 3.07. The molecule has 0 radical (unpaired) electrons. The molecule has 53 heavy (non-hydrogen) atoms. The first kappa shape index (κ1) is 41.4. The van der Waals surface area contributed by atoms with Crippen molar-refractivity contribution in [2.75, 3.05) is 22.0 Å². The maximum atomic E-state index is 14.4. The lowest BCUT2D eigenvalue weighted by atomic mass is 10.1. The number of pyridine rings is 2. The summed E-state index contributed by atoms with van der Waals surface area (Å²) in [5, 5.41) is 2.47. The standard InChI is InChI=1S/C24H18F4N4O4S.C10H11FN2O2S/c1-3-16-11-15(12-19(25)22(16)32-37(2,34)35)13-30-21(33)9-7-17-6-8-20(24(26,27)28)31-23(17)36-18-5-4-10-29-14-18;1-3-8-4-7(6-12)5-9(11)10(8)13-16(2,14)15/h1,4-12,14,32H,13H2,2H3,(H,30,33);1,4-5,13H,6,12H2,2H3. The molecule has 2 aromatic carbocycles. The Hall–Kier alpha value is -6.02. The van der Waals surface area contributed by atoms with Gasteiger partial charge in [0.15, 0.2) is 0 Å². The van der Waals surface area contributed by atoms with Crippen molar-refractivity contribution in [2.24, 2.45) is 5.73 Å². The molecule has 0 bridgehead atoms. The number of hydrogen-bond acceptors (Lipinski definition) is 9. The summed E-state index contributed by atoms with van der Waals surface area (Å²) in [4.78, 5) is 19.6. The van der Waals surface area contributed by atoms with Crippen molar-refractivity contribution in [1.82, 2.24) is 15.3 Å². The number of terminal acetylenes is 2. The van der Waals surface area contributed by atoms with Gasteiger partial charge in [-0.1, -0.05) is 11.8 Å². The number of rotatable bonds is 11. The van der Waals surface area contributed by atoms with E-state index in [0.717, 1.165) is 42.9 Å². The van der Waals surface area contributed by atoms with Crippen LogP contribution in [0.3, 0.4) is 0 Å². The van der Waals surface area contributed by atoms with Crippen LogP contribution in [0.1, 0.15) is 33.5 Å². The van der Waals surface area contributed by atoms with Crippen molar-refractivity contribution < 1.29 is 48.3 Å². The summed E-state index contributed by atoms with van der Waals surface area (Å²) in [6, 6.07) is 9.75. The number of aromatic nitrogens is 2. The quantitative estimate of drug-likeness (QED) is 0.0950. The van der Waals surface area contributed by atoms with Gasteiger partial charge in [-0.25, -0.2) is 30.6 Å². The number of anilines is 2. The van der Waals surface area contributed by atoms with Gasteiger partial charge in [-0.05, 0) is 65.7 Å². The van der Waals surface area contributed by atoms with E-state index in [-0.39, 0.29) is 46.8 Å². The fraction of sp³-hybridized carbons (Fsp3) is 0.147. The Labute approximate surface area is 301 Å². The molecule has 2 heterocycles. The number of sulfonamides is 2. The number of amides is 1. The Balaban J connectivity index is 0.000000395. The van der Waals surface area contributed by atoms with E-state index >= 15 is 0 Å². The molecule has 0 aliphatic heterocycles. The van der Waals surface area contributed by atoms with Crippen LogP contribution in [0.15, 0.2) is 67.0 Å². The molecule has 0 atom stereocenters. The highest BCUT2D eigenvalue weighted by molar-refractivity contribution is 7.92. The van der Waals surface area contributed by atoms with Gasteiger partial charge >= 0.3 is 6.18 Å². The van der Waals surface area contributed by atoms with Crippen molar-refractivity contribution in [2.45, 2.75) is 19.3 Å². The molecule has 0 aliphatic carbocycles. The first-order valence-electron chi connectivity index (χ1n) is 14.6. The van der Waals surface area contributed by atoms with Gasteiger partial charge in [-0.3, -0.25) is 19.2 Å². The number of benzene rings is 2. The molecule has 4 aromatic rings. The third kappa shape index (κ3) is 12.9. The highest BCUT2D eigenvalue weighted by atomic mass is 32.2. The van der Waals surface area contributed by atoms with Crippen LogP contribution in [-0.4, -0.2) is 45.2 Å². The molecule has 0 spiro atoms. The second kappa shape index (κ2) is 17.5. The summed E-state index contributed by atoms with van der Waals surface area (Å²) < 4.78 is 122. The number of ether oxygens (including phenoxy) is 1. The van der Waals surface area contributed by atoms with Gasteiger partial charge < -0.3 is 15.8 Å². The van der Waals surface area contributed by atoms with Crippen LogP contribution in [0.5, 0.6) is 11.6 Å². The zero-order valence-electron chi connectivity index (χ0n) is 27.6. The van der Waals surface area contributed by atoms with Crippen molar-refractivity contribution in [1.29, 1.82) is 0 Å². The zero-order valence-corrected chi connectivity index (χ0v) is 29.3. The van der Waals surface area contributed by atoms with Crippen LogP contribution in [0, 0.1) is 36.3 Å². The van der Waals surface area contributed by atoms with E-state index in [0.29, 0.717) is 5.56 Å². The van der Waals surface area contributed by atoms with E-state index in [1.54, 1.807) is 0 Å². The number of carbonyl (C=O) groups is 1. The Bertz CT molecular complexity index is 2320. The largest absolute Gasteiger partial charge is 0.437 e. The lowest BCUT2D eigenvalue weighted by Crippen LogP contribution is -2.20. The fourth-order valence-electron chi connectivity index (χ4n) is 4.10. The van der Waals surface area contributed by atoms with Crippen molar-refractivity contribution in [3.63, 3.8) is 0 Å². The summed E-state index contributed by atoms with van der Waals surface area (Å²) >= 11 is 0. The summed E-state index contributed by atoms with van der Waals surface area (Å²) in [5.41, 5.74) is 4.42. The van der Waals surface area contributed by atoms with Crippen LogP contribution < -0.4 is 25.2 Å². The smallest absolute Gasteiger partial charge is 0.433 e. The van der Waals surface area contributed by atoms with Crippen LogP contribution in [0.4, 0.5) is 33.3 Å². The number of hydrogen-bond donors (Lipinski definition) is 4. The molecule has 0 fully saturated rings. The van der Waals surface area contributed by atoms with Gasteiger partial charge in [-0.15, -0.1) is 12.8 Å². The summed E-state index contributed by atoms with van der Waals surface area (Å²) in [6.07, 6.45) is 12.5. The first-order valence-corrected chi connectivity index (χ1v) is 18.4. The van der Waals surface area contributed by atoms with Gasteiger partial charge in [0, 0.05) is 30.9 Å². The minimum Gasteiger partial charge on any atom is -0.437 e. The highest BCUT2D eigenvalue weighted by Crippen LogP contribution is 2.32. The summed E-state index contributed by atoms with van der Waals surface area (Å²) in [6.45, 7) is -0.0526. The third-order valence-corrected chi connectivity index (χ3v) is 7.48. The number of carbonyl (C=O) groups excluding carboxylic acids is 1.